The lowest BCUT2D eigenvalue weighted by atomic mass is 10.3. The Bertz CT molecular complexity index is 385. The van der Waals surface area contributed by atoms with E-state index in [9.17, 15) is 0 Å². The summed E-state index contributed by atoms with van der Waals surface area (Å²) in [4.78, 5) is 1.38. The zero-order chi connectivity index (χ0) is 9.10. The highest BCUT2D eigenvalue weighted by molar-refractivity contribution is 5.36. The molecule has 0 unspecified atom stereocenters. The maximum atomic E-state index is 5.04. The summed E-state index contributed by atoms with van der Waals surface area (Å²) < 4.78 is 5.04. The summed E-state index contributed by atoms with van der Waals surface area (Å²) in [5.41, 5.74) is 0.705. The molecule has 65 valence electrons. The van der Waals surface area contributed by atoms with Crippen LogP contribution >= 0.6 is 0 Å². The lowest BCUT2D eigenvalue weighted by molar-refractivity contribution is 0.414. The Kier molecular flexibility index (Phi) is 1.91. The molecule has 2 rings (SSSR count). The zero-order valence-electron chi connectivity index (χ0n) is 7.01. The van der Waals surface area contributed by atoms with Gasteiger partial charge in [0.25, 0.3) is 0 Å². The first-order valence-corrected chi connectivity index (χ1v) is 3.69. The highest BCUT2D eigenvalue weighted by Crippen LogP contribution is 2.13. The summed E-state index contributed by atoms with van der Waals surface area (Å²) in [6.07, 6.45) is 1.37. The number of benzene rings is 1. The third-order valence-electron chi connectivity index (χ3n) is 1.56. The largest absolute Gasteiger partial charge is 0.497 e. The van der Waals surface area contributed by atoms with Crippen molar-refractivity contribution in [2.45, 2.75) is 0 Å². The first-order chi connectivity index (χ1) is 6.40. The van der Waals surface area contributed by atoms with Crippen LogP contribution in [0, 0.1) is 6.07 Å². The number of hydrogen-bond donors (Lipinski definition) is 0. The van der Waals surface area contributed by atoms with E-state index in [0.717, 1.165) is 5.75 Å². The fourth-order valence-electron chi connectivity index (χ4n) is 0.954. The molecule has 0 aliphatic heterocycles. The zero-order valence-corrected chi connectivity index (χ0v) is 7.01. The van der Waals surface area contributed by atoms with E-state index < -0.39 is 0 Å². The van der Waals surface area contributed by atoms with Crippen molar-refractivity contribution in [1.82, 2.24) is 20.2 Å². The molecule has 0 saturated carbocycles. The lowest BCUT2D eigenvalue weighted by Crippen LogP contribution is -1.99. The van der Waals surface area contributed by atoms with Gasteiger partial charge in [0.15, 0.2) is 6.33 Å². The number of hydrogen-bond acceptors (Lipinski definition) is 4. The average Bonchev–Trinajstić information content (AvgIpc) is 2.71. The second-order valence-corrected chi connectivity index (χ2v) is 2.34. The standard InChI is InChI=1S/C8H7N4O/c1-13-8-4-2-3-7(5-8)12-10-6-9-11-12/h2,4-6H,1H3. The van der Waals surface area contributed by atoms with Crippen LogP contribution in [-0.2, 0) is 0 Å². The van der Waals surface area contributed by atoms with E-state index in [-0.39, 0.29) is 0 Å². The molecule has 5 nitrogen and oxygen atoms in total. The van der Waals surface area contributed by atoms with Crippen LogP contribution in [0.2, 0.25) is 0 Å². The summed E-state index contributed by atoms with van der Waals surface area (Å²) >= 11 is 0. The van der Waals surface area contributed by atoms with Gasteiger partial charge < -0.3 is 4.74 Å². The van der Waals surface area contributed by atoms with Crippen LogP contribution in [0.25, 0.3) is 5.69 Å². The Morgan fingerprint density at radius 2 is 2.46 bits per heavy atom. The van der Waals surface area contributed by atoms with E-state index in [1.165, 1.54) is 11.1 Å². The normalized spacial score (nSPS) is 9.92. The Labute approximate surface area is 75.0 Å². The lowest BCUT2D eigenvalue weighted by Gasteiger charge is -2.00. The maximum Gasteiger partial charge on any atom is 0.162 e. The van der Waals surface area contributed by atoms with E-state index in [0.29, 0.717) is 5.69 Å². The number of tetrazole rings is 1. The van der Waals surface area contributed by atoms with Gasteiger partial charge in [0.1, 0.15) is 5.75 Å². The van der Waals surface area contributed by atoms with Gasteiger partial charge in [-0.2, -0.15) is 0 Å². The van der Waals surface area contributed by atoms with Crippen LogP contribution in [0.15, 0.2) is 24.5 Å². The predicted octanol–water partition coefficient (Wildman–Crippen LogP) is 0.471. The molecular formula is C8H7N4O. The Morgan fingerprint density at radius 3 is 3.15 bits per heavy atom. The molecule has 0 N–H and O–H groups in total. The molecule has 0 atom stereocenters. The number of aromatic nitrogens is 4. The van der Waals surface area contributed by atoms with Gasteiger partial charge in [-0.3, -0.25) is 0 Å². The van der Waals surface area contributed by atoms with Crippen molar-refractivity contribution in [2.24, 2.45) is 0 Å². The quantitative estimate of drug-likeness (QED) is 0.665. The van der Waals surface area contributed by atoms with E-state index in [2.05, 4.69) is 21.5 Å². The van der Waals surface area contributed by atoms with Gasteiger partial charge in [0, 0.05) is 12.1 Å². The minimum absolute atomic E-state index is 0.705. The Morgan fingerprint density at radius 1 is 1.54 bits per heavy atom. The van der Waals surface area contributed by atoms with Gasteiger partial charge >= 0.3 is 0 Å². The number of ether oxygens (including phenoxy) is 1. The van der Waals surface area contributed by atoms with Crippen molar-refractivity contribution < 1.29 is 4.74 Å². The topological polar surface area (TPSA) is 52.8 Å². The van der Waals surface area contributed by atoms with Crippen molar-refractivity contribution in [3.63, 3.8) is 0 Å². The first kappa shape index (κ1) is 7.72. The molecule has 13 heavy (non-hydrogen) atoms. The molecule has 0 bridgehead atoms. The highest BCUT2D eigenvalue weighted by atomic mass is 16.5. The SMILES string of the molecule is COc1cc[c]c(-n2ncnn2)c1. The first-order valence-electron chi connectivity index (χ1n) is 3.69. The smallest absolute Gasteiger partial charge is 0.162 e. The molecule has 0 aliphatic carbocycles. The van der Waals surface area contributed by atoms with Crippen molar-refractivity contribution in [2.75, 3.05) is 7.11 Å². The Balaban J connectivity index is 2.41. The molecule has 0 aliphatic rings. The van der Waals surface area contributed by atoms with Crippen LogP contribution < -0.4 is 4.74 Å². The van der Waals surface area contributed by atoms with Gasteiger partial charge in [-0.05, 0) is 17.3 Å². The van der Waals surface area contributed by atoms with E-state index in [1.54, 1.807) is 25.3 Å². The summed E-state index contributed by atoms with van der Waals surface area (Å²) in [6.45, 7) is 0. The van der Waals surface area contributed by atoms with E-state index in [4.69, 9.17) is 4.74 Å². The molecule has 1 radical (unpaired) electrons. The van der Waals surface area contributed by atoms with Gasteiger partial charge in [0.05, 0.1) is 12.8 Å². The second kappa shape index (κ2) is 3.22. The van der Waals surface area contributed by atoms with Gasteiger partial charge in [0.2, 0.25) is 0 Å². The van der Waals surface area contributed by atoms with E-state index >= 15 is 0 Å². The van der Waals surface area contributed by atoms with Gasteiger partial charge in [-0.25, -0.2) is 0 Å². The molecule has 0 amide bonds. The third-order valence-corrected chi connectivity index (χ3v) is 1.56. The number of rotatable bonds is 2. The van der Waals surface area contributed by atoms with Crippen molar-refractivity contribution in [3.05, 3.63) is 30.6 Å². The van der Waals surface area contributed by atoms with Crippen LogP contribution in [0.5, 0.6) is 5.75 Å². The van der Waals surface area contributed by atoms with Crippen molar-refractivity contribution in [3.8, 4) is 11.4 Å². The van der Waals surface area contributed by atoms with Crippen LogP contribution in [0.1, 0.15) is 0 Å². The molecule has 2 aromatic rings. The summed E-state index contributed by atoms with van der Waals surface area (Å²) in [7, 11) is 1.61. The van der Waals surface area contributed by atoms with Crippen LogP contribution in [0.3, 0.4) is 0 Å². The molecule has 5 heteroatoms. The Hall–Kier alpha value is -1.91. The average molecular weight is 175 g/mol. The van der Waals surface area contributed by atoms with Crippen molar-refractivity contribution >= 4 is 0 Å². The molecule has 0 spiro atoms. The monoisotopic (exact) mass is 175 g/mol. The molecule has 1 aromatic carbocycles. The fraction of sp³-hybridized carbons (Fsp3) is 0.125. The minimum atomic E-state index is 0.705. The van der Waals surface area contributed by atoms with Crippen molar-refractivity contribution in [1.29, 1.82) is 0 Å². The van der Waals surface area contributed by atoms with Gasteiger partial charge in [-0.1, -0.05) is 0 Å². The van der Waals surface area contributed by atoms with Crippen LogP contribution in [0.4, 0.5) is 0 Å². The van der Waals surface area contributed by atoms with Crippen LogP contribution in [-0.4, -0.2) is 27.3 Å². The van der Waals surface area contributed by atoms with Gasteiger partial charge in [-0.15, -0.1) is 15.0 Å². The highest BCUT2D eigenvalue weighted by Gasteiger charge is 1.99. The predicted molar refractivity (Wildman–Crippen MR) is 44.5 cm³/mol. The molecule has 1 aromatic heterocycles. The molecule has 1 heterocycles. The molecule has 0 saturated heterocycles. The fourth-order valence-corrected chi connectivity index (χ4v) is 0.954. The number of methoxy groups -OCH3 is 1. The minimum Gasteiger partial charge on any atom is -0.497 e. The maximum absolute atomic E-state index is 5.04. The number of nitrogens with zero attached hydrogens (tertiary/aromatic N) is 4. The summed E-state index contributed by atoms with van der Waals surface area (Å²) in [5.74, 6) is 0.742. The third kappa shape index (κ3) is 1.48. The molecule has 0 fully saturated rings. The summed E-state index contributed by atoms with van der Waals surface area (Å²) in [5, 5.41) is 11.2. The second-order valence-electron chi connectivity index (χ2n) is 2.34. The summed E-state index contributed by atoms with van der Waals surface area (Å²) in [6, 6.07) is 8.30. The molecular weight excluding hydrogens is 168 g/mol. The van der Waals surface area contributed by atoms with E-state index in [1.807, 2.05) is 0 Å².